The van der Waals surface area contributed by atoms with E-state index in [4.69, 9.17) is 5.73 Å². The molecule has 2 aromatic carbocycles. The minimum Gasteiger partial charge on any atom is -0.506 e. The maximum atomic E-state index is 11.9. The number of para-hydroxylation sites is 1. The van der Waals surface area contributed by atoms with Crippen LogP contribution >= 0.6 is 0 Å². The van der Waals surface area contributed by atoms with Crippen molar-refractivity contribution in [1.82, 2.24) is 0 Å². The lowest BCUT2D eigenvalue weighted by atomic mass is 10.1. The number of rotatable bonds is 5. The number of azo groups is 1. The van der Waals surface area contributed by atoms with Gasteiger partial charge in [0.05, 0.1) is 11.0 Å². The summed E-state index contributed by atoms with van der Waals surface area (Å²) in [5, 5.41) is 28.3. The fourth-order valence-corrected chi connectivity index (χ4v) is 1.83. The number of phenols is 1. The van der Waals surface area contributed by atoms with Gasteiger partial charge in [-0.3, -0.25) is 14.9 Å². The van der Waals surface area contributed by atoms with Gasteiger partial charge in [0.25, 0.3) is 5.69 Å². The molecule has 0 aliphatic rings. The van der Waals surface area contributed by atoms with Crippen molar-refractivity contribution in [3.8, 4) is 5.75 Å². The number of nitro groups is 1. The zero-order valence-corrected chi connectivity index (χ0v) is 12.2. The Balaban J connectivity index is 2.38. The first-order valence-corrected chi connectivity index (χ1v) is 6.68. The van der Waals surface area contributed by atoms with Crippen LogP contribution in [0.5, 0.6) is 5.75 Å². The fourth-order valence-electron chi connectivity index (χ4n) is 1.83. The lowest BCUT2D eigenvalue weighted by Crippen LogP contribution is -2.26. The van der Waals surface area contributed by atoms with E-state index in [-0.39, 0.29) is 34.2 Å². The summed E-state index contributed by atoms with van der Waals surface area (Å²) in [6.07, 6.45) is 0. The lowest BCUT2D eigenvalue weighted by molar-refractivity contribution is -0.384. The van der Waals surface area contributed by atoms with Crippen molar-refractivity contribution in [2.45, 2.75) is 13.0 Å². The predicted molar refractivity (Wildman–Crippen MR) is 83.4 cm³/mol. The molecule has 0 unspecified atom stereocenters. The molecule has 0 aliphatic carbocycles. The number of hydrogen-bond acceptors (Lipinski definition) is 7. The molecule has 8 nitrogen and oxygen atoms in total. The van der Waals surface area contributed by atoms with Gasteiger partial charge in [-0.25, -0.2) is 0 Å². The van der Waals surface area contributed by atoms with Crippen molar-refractivity contribution in [3.05, 3.63) is 58.1 Å². The lowest BCUT2D eigenvalue weighted by Gasteiger charge is -2.05. The number of phenolic OH excluding ortho intramolecular Hbond substituents is 1. The van der Waals surface area contributed by atoms with Crippen LogP contribution in [-0.4, -0.2) is 21.9 Å². The van der Waals surface area contributed by atoms with Gasteiger partial charge in [-0.05, 0) is 31.2 Å². The Morgan fingerprint density at radius 1 is 1.22 bits per heavy atom. The van der Waals surface area contributed by atoms with Gasteiger partial charge < -0.3 is 10.8 Å². The molecule has 3 N–H and O–H groups in total. The van der Waals surface area contributed by atoms with E-state index in [1.807, 2.05) is 0 Å². The number of ketones is 1. The van der Waals surface area contributed by atoms with Gasteiger partial charge in [-0.2, -0.15) is 0 Å². The Kier molecular flexibility index (Phi) is 4.77. The Bertz CT molecular complexity index is 787. The molecule has 8 heteroatoms. The Labute approximate surface area is 131 Å². The molecule has 118 valence electrons. The van der Waals surface area contributed by atoms with E-state index in [0.717, 1.165) is 0 Å². The number of nitro benzene ring substituents is 1. The van der Waals surface area contributed by atoms with Crippen molar-refractivity contribution >= 4 is 22.8 Å². The predicted octanol–water partition coefficient (Wildman–Crippen LogP) is 3.25. The maximum absolute atomic E-state index is 11.9. The van der Waals surface area contributed by atoms with E-state index in [9.17, 15) is 20.0 Å². The van der Waals surface area contributed by atoms with Crippen molar-refractivity contribution in [2.24, 2.45) is 16.0 Å². The van der Waals surface area contributed by atoms with Crippen molar-refractivity contribution in [1.29, 1.82) is 0 Å². The zero-order valence-electron chi connectivity index (χ0n) is 12.2. The molecule has 0 amide bonds. The van der Waals surface area contributed by atoms with Crippen LogP contribution in [0.3, 0.4) is 0 Å². The van der Waals surface area contributed by atoms with Gasteiger partial charge in [0.1, 0.15) is 11.4 Å². The highest BCUT2D eigenvalue weighted by Gasteiger charge is 2.14. The molecular weight excluding hydrogens is 300 g/mol. The zero-order chi connectivity index (χ0) is 17.0. The SMILES string of the molecule is C[C@H](N)C(=O)c1ccc(O)c(N=Nc2ccccc2[N+](=O)[O-])c1. The second-order valence-electron chi connectivity index (χ2n) is 4.80. The molecular formula is C15H14N4O4. The Morgan fingerprint density at radius 2 is 1.87 bits per heavy atom. The number of nitrogens with zero attached hydrogens (tertiary/aromatic N) is 3. The molecule has 0 heterocycles. The fraction of sp³-hybridized carbons (Fsp3) is 0.133. The van der Waals surface area contributed by atoms with Crippen LogP contribution in [0.25, 0.3) is 0 Å². The van der Waals surface area contributed by atoms with Crippen molar-refractivity contribution in [2.75, 3.05) is 0 Å². The maximum Gasteiger partial charge on any atom is 0.296 e. The first kappa shape index (κ1) is 16.2. The van der Waals surface area contributed by atoms with Crippen molar-refractivity contribution < 1.29 is 14.8 Å². The van der Waals surface area contributed by atoms with E-state index in [0.29, 0.717) is 0 Å². The number of benzene rings is 2. The van der Waals surface area contributed by atoms with Crippen LogP contribution < -0.4 is 5.73 Å². The molecule has 0 spiro atoms. The molecule has 2 rings (SSSR count). The average Bonchev–Trinajstić information content (AvgIpc) is 2.53. The molecule has 0 saturated heterocycles. The van der Waals surface area contributed by atoms with Gasteiger partial charge >= 0.3 is 0 Å². The topological polar surface area (TPSA) is 131 Å². The summed E-state index contributed by atoms with van der Waals surface area (Å²) >= 11 is 0. The molecule has 23 heavy (non-hydrogen) atoms. The first-order chi connectivity index (χ1) is 10.9. The third-order valence-electron chi connectivity index (χ3n) is 3.02. The monoisotopic (exact) mass is 314 g/mol. The van der Waals surface area contributed by atoms with E-state index < -0.39 is 11.0 Å². The molecule has 0 aliphatic heterocycles. The third-order valence-corrected chi connectivity index (χ3v) is 3.02. The van der Waals surface area contributed by atoms with Gasteiger partial charge in [0, 0.05) is 11.6 Å². The minimum atomic E-state index is -0.695. The minimum absolute atomic E-state index is 0.0228. The number of Topliss-reactive ketones (excluding diaryl/α,β-unsaturated/α-hetero) is 1. The summed E-state index contributed by atoms with van der Waals surface area (Å²) in [6, 6.07) is 9.17. The van der Waals surface area contributed by atoms with Crippen LogP contribution in [-0.2, 0) is 0 Å². The third kappa shape index (κ3) is 3.74. The second kappa shape index (κ2) is 6.75. The molecule has 2 aromatic rings. The summed E-state index contributed by atoms with van der Waals surface area (Å²) in [7, 11) is 0. The van der Waals surface area contributed by atoms with Gasteiger partial charge in [0.15, 0.2) is 11.5 Å². The average molecular weight is 314 g/mol. The van der Waals surface area contributed by atoms with E-state index in [1.54, 1.807) is 13.0 Å². The molecule has 0 radical (unpaired) electrons. The molecule has 0 aromatic heterocycles. The van der Waals surface area contributed by atoms with Crippen LogP contribution in [0, 0.1) is 10.1 Å². The number of carbonyl (C=O) groups excluding carboxylic acids is 1. The summed E-state index contributed by atoms with van der Waals surface area (Å²) < 4.78 is 0. The smallest absolute Gasteiger partial charge is 0.296 e. The van der Waals surface area contributed by atoms with Crippen LogP contribution in [0.1, 0.15) is 17.3 Å². The highest BCUT2D eigenvalue weighted by molar-refractivity contribution is 6.00. The standard InChI is InChI=1S/C15H14N4O4/c1-9(16)15(21)10-6-7-14(20)12(8-10)18-17-11-4-2-3-5-13(11)19(22)23/h2-9,20H,16H2,1H3/t9-/m0/s1. The quantitative estimate of drug-likeness (QED) is 0.378. The highest BCUT2D eigenvalue weighted by atomic mass is 16.6. The Hall–Kier alpha value is -3.13. The normalized spacial score (nSPS) is 12.3. The summed E-state index contributed by atoms with van der Waals surface area (Å²) in [4.78, 5) is 22.2. The van der Waals surface area contributed by atoms with Crippen LogP contribution in [0.2, 0.25) is 0 Å². The number of nitrogens with two attached hydrogens (primary N) is 1. The van der Waals surface area contributed by atoms with E-state index in [1.165, 1.54) is 36.4 Å². The highest BCUT2D eigenvalue weighted by Crippen LogP contribution is 2.32. The van der Waals surface area contributed by atoms with Gasteiger partial charge in [-0.15, -0.1) is 10.2 Å². The molecule has 0 bridgehead atoms. The largest absolute Gasteiger partial charge is 0.506 e. The molecule has 0 saturated carbocycles. The van der Waals surface area contributed by atoms with Gasteiger partial charge in [-0.1, -0.05) is 12.1 Å². The summed E-state index contributed by atoms with van der Waals surface area (Å²) in [5.41, 5.74) is 5.66. The van der Waals surface area contributed by atoms with E-state index in [2.05, 4.69) is 10.2 Å². The van der Waals surface area contributed by atoms with Crippen molar-refractivity contribution in [3.63, 3.8) is 0 Å². The van der Waals surface area contributed by atoms with Crippen LogP contribution in [0.4, 0.5) is 17.1 Å². The first-order valence-electron chi connectivity index (χ1n) is 6.68. The molecule has 1 atom stereocenters. The summed E-state index contributed by atoms with van der Waals surface area (Å²) in [6.45, 7) is 1.55. The van der Waals surface area contributed by atoms with Crippen LogP contribution in [0.15, 0.2) is 52.7 Å². The number of hydrogen-bond donors (Lipinski definition) is 2. The van der Waals surface area contributed by atoms with E-state index >= 15 is 0 Å². The van der Waals surface area contributed by atoms with Gasteiger partial charge in [0.2, 0.25) is 0 Å². The molecule has 0 fully saturated rings. The number of carbonyl (C=O) groups is 1. The second-order valence-corrected chi connectivity index (χ2v) is 4.80. The Morgan fingerprint density at radius 3 is 2.52 bits per heavy atom. The number of aromatic hydroxyl groups is 1. The summed E-state index contributed by atoms with van der Waals surface area (Å²) in [5.74, 6) is -0.513.